The standard InChI is InChI=1S/C14H13BrFN3O2/c15-14-17-13(21-18-14)9-2-1-5-19(7-9)12-6-11(16)4-3-10(12)8-20/h3-4,6,8-9H,1-2,5,7H2. The zero-order chi connectivity index (χ0) is 14.8. The summed E-state index contributed by atoms with van der Waals surface area (Å²) < 4.78 is 19.1. The van der Waals surface area contributed by atoms with E-state index in [0.29, 0.717) is 28.4 Å². The van der Waals surface area contributed by atoms with Crippen molar-refractivity contribution in [2.45, 2.75) is 18.8 Å². The third-order valence-electron chi connectivity index (χ3n) is 3.65. The lowest BCUT2D eigenvalue weighted by Crippen LogP contribution is -2.35. The summed E-state index contributed by atoms with van der Waals surface area (Å²) in [5, 5.41) is 3.73. The molecular weight excluding hydrogens is 341 g/mol. The Hall–Kier alpha value is -1.76. The second-order valence-electron chi connectivity index (χ2n) is 5.01. The maximum absolute atomic E-state index is 13.5. The van der Waals surface area contributed by atoms with Crippen molar-refractivity contribution in [3.05, 3.63) is 40.2 Å². The van der Waals surface area contributed by atoms with Crippen LogP contribution in [-0.4, -0.2) is 29.5 Å². The van der Waals surface area contributed by atoms with E-state index in [0.717, 1.165) is 25.7 Å². The van der Waals surface area contributed by atoms with Crippen LogP contribution in [0.3, 0.4) is 0 Å². The van der Waals surface area contributed by atoms with Gasteiger partial charge in [-0.1, -0.05) is 0 Å². The fourth-order valence-corrected chi connectivity index (χ4v) is 2.92. The van der Waals surface area contributed by atoms with E-state index in [-0.39, 0.29) is 11.7 Å². The minimum absolute atomic E-state index is 0.0836. The highest BCUT2D eigenvalue weighted by molar-refractivity contribution is 9.10. The molecule has 0 spiro atoms. The Morgan fingerprint density at radius 1 is 1.48 bits per heavy atom. The molecular formula is C14H13BrFN3O2. The summed E-state index contributed by atoms with van der Waals surface area (Å²) in [6, 6.07) is 4.20. The molecule has 1 unspecified atom stereocenters. The van der Waals surface area contributed by atoms with E-state index in [2.05, 4.69) is 26.1 Å². The number of aldehydes is 1. The molecule has 0 aliphatic carbocycles. The summed E-state index contributed by atoms with van der Waals surface area (Å²) in [6.45, 7) is 1.40. The molecule has 1 aliphatic heterocycles. The first kappa shape index (κ1) is 14.2. The Labute approximate surface area is 129 Å². The second-order valence-corrected chi connectivity index (χ2v) is 5.72. The van der Waals surface area contributed by atoms with Crippen LogP contribution in [-0.2, 0) is 0 Å². The first-order valence-electron chi connectivity index (χ1n) is 6.66. The van der Waals surface area contributed by atoms with Gasteiger partial charge in [0.05, 0.1) is 11.6 Å². The molecule has 1 aromatic carbocycles. The highest BCUT2D eigenvalue weighted by atomic mass is 79.9. The number of carbonyl (C=O) groups is 1. The smallest absolute Gasteiger partial charge is 0.238 e. The summed E-state index contributed by atoms with van der Waals surface area (Å²) in [5.74, 6) is 0.300. The van der Waals surface area contributed by atoms with E-state index >= 15 is 0 Å². The number of aromatic nitrogens is 2. The highest BCUT2D eigenvalue weighted by Crippen LogP contribution is 2.31. The number of piperidine rings is 1. The second kappa shape index (κ2) is 5.93. The van der Waals surface area contributed by atoms with Crippen molar-refractivity contribution in [1.29, 1.82) is 0 Å². The quantitative estimate of drug-likeness (QED) is 0.793. The molecule has 7 heteroatoms. The third kappa shape index (κ3) is 2.97. The highest BCUT2D eigenvalue weighted by Gasteiger charge is 2.27. The molecule has 21 heavy (non-hydrogen) atoms. The van der Waals surface area contributed by atoms with Crippen LogP contribution in [0.5, 0.6) is 0 Å². The zero-order valence-corrected chi connectivity index (χ0v) is 12.7. The molecule has 2 heterocycles. The number of rotatable bonds is 3. The zero-order valence-electron chi connectivity index (χ0n) is 11.1. The molecule has 0 amide bonds. The van der Waals surface area contributed by atoms with E-state index in [4.69, 9.17) is 4.52 Å². The van der Waals surface area contributed by atoms with Crippen LogP contribution in [0.15, 0.2) is 27.5 Å². The van der Waals surface area contributed by atoms with Gasteiger partial charge in [-0.05, 0) is 52.1 Å². The molecule has 110 valence electrons. The van der Waals surface area contributed by atoms with Gasteiger partial charge < -0.3 is 9.42 Å². The molecule has 1 atom stereocenters. The van der Waals surface area contributed by atoms with E-state index < -0.39 is 0 Å². The topological polar surface area (TPSA) is 59.2 Å². The average molecular weight is 354 g/mol. The van der Waals surface area contributed by atoms with Crippen molar-refractivity contribution in [3.63, 3.8) is 0 Å². The van der Waals surface area contributed by atoms with Crippen LogP contribution >= 0.6 is 15.9 Å². The first-order chi connectivity index (χ1) is 10.2. The number of anilines is 1. The van der Waals surface area contributed by atoms with Crippen molar-refractivity contribution in [2.75, 3.05) is 18.0 Å². The van der Waals surface area contributed by atoms with Crippen molar-refractivity contribution in [3.8, 4) is 0 Å². The van der Waals surface area contributed by atoms with Crippen molar-refractivity contribution in [2.24, 2.45) is 0 Å². The van der Waals surface area contributed by atoms with Crippen molar-refractivity contribution < 1.29 is 13.7 Å². The van der Waals surface area contributed by atoms with Gasteiger partial charge in [-0.2, -0.15) is 4.98 Å². The Morgan fingerprint density at radius 3 is 3.05 bits per heavy atom. The van der Waals surface area contributed by atoms with E-state index in [9.17, 15) is 9.18 Å². The lowest BCUT2D eigenvalue weighted by Gasteiger charge is -2.33. The third-order valence-corrected chi connectivity index (χ3v) is 3.97. The molecule has 1 saturated heterocycles. The van der Waals surface area contributed by atoms with Crippen molar-refractivity contribution >= 4 is 27.9 Å². The maximum atomic E-state index is 13.5. The molecule has 0 bridgehead atoms. The Kier molecular flexibility index (Phi) is 4.01. The summed E-state index contributed by atoms with van der Waals surface area (Å²) >= 11 is 3.17. The summed E-state index contributed by atoms with van der Waals surface area (Å²) in [6.07, 6.45) is 2.60. The van der Waals surface area contributed by atoms with Crippen LogP contribution in [0.25, 0.3) is 0 Å². The Bertz CT molecular complexity index is 661. The molecule has 1 fully saturated rings. The summed E-state index contributed by atoms with van der Waals surface area (Å²) in [7, 11) is 0. The maximum Gasteiger partial charge on any atom is 0.238 e. The van der Waals surface area contributed by atoms with Gasteiger partial charge in [0, 0.05) is 18.7 Å². The molecule has 0 saturated carbocycles. The minimum Gasteiger partial charge on any atom is -0.370 e. The van der Waals surface area contributed by atoms with Crippen LogP contribution in [0.4, 0.5) is 10.1 Å². The van der Waals surface area contributed by atoms with E-state index in [1.54, 1.807) is 0 Å². The lowest BCUT2D eigenvalue weighted by atomic mass is 9.97. The van der Waals surface area contributed by atoms with Gasteiger partial charge in [0.1, 0.15) is 5.82 Å². The first-order valence-corrected chi connectivity index (χ1v) is 7.45. The fourth-order valence-electron chi connectivity index (χ4n) is 2.67. The van der Waals surface area contributed by atoms with Gasteiger partial charge >= 0.3 is 0 Å². The van der Waals surface area contributed by atoms with Gasteiger partial charge in [0.15, 0.2) is 6.29 Å². The van der Waals surface area contributed by atoms with Crippen LogP contribution in [0.2, 0.25) is 0 Å². The number of benzene rings is 1. The van der Waals surface area contributed by atoms with Crippen LogP contribution in [0, 0.1) is 5.82 Å². The Balaban J connectivity index is 1.86. The van der Waals surface area contributed by atoms with E-state index in [1.165, 1.54) is 18.2 Å². The minimum atomic E-state index is -0.349. The largest absolute Gasteiger partial charge is 0.370 e. The molecule has 1 aromatic heterocycles. The van der Waals surface area contributed by atoms with Crippen LogP contribution in [0.1, 0.15) is 35.0 Å². The normalized spacial score (nSPS) is 18.8. The SMILES string of the molecule is O=Cc1ccc(F)cc1N1CCCC(c2nc(Br)no2)C1. The van der Waals surface area contributed by atoms with Gasteiger partial charge in [-0.15, -0.1) is 0 Å². The van der Waals surface area contributed by atoms with Gasteiger partial charge in [-0.3, -0.25) is 4.79 Å². The number of nitrogens with zero attached hydrogens (tertiary/aromatic N) is 3. The van der Waals surface area contributed by atoms with Gasteiger partial charge in [0.2, 0.25) is 10.6 Å². The molecule has 1 aliphatic rings. The lowest BCUT2D eigenvalue weighted by molar-refractivity contribution is 0.112. The average Bonchev–Trinajstić information content (AvgIpc) is 2.94. The fraction of sp³-hybridized carbons (Fsp3) is 0.357. The predicted octanol–water partition coefficient (Wildman–Crippen LogP) is 3.17. The number of carbonyl (C=O) groups excluding carboxylic acids is 1. The molecule has 0 N–H and O–H groups in total. The number of hydrogen-bond acceptors (Lipinski definition) is 5. The number of hydrogen-bond donors (Lipinski definition) is 0. The molecule has 5 nitrogen and oxygen atoms in total. The van der Waals surface area contributed by atoms with Gasteiger partial charge in [0.25, 0.3) is 0 Å². The number of halogens is 2. The monoisotopic (exact) mass is 353 g/mol. The molecule has 3 rings (SSSR count). The van der Waals surface area contributed by atoms with Crippen molar-refractivity contribution in [1.82, 2.24) is 10.1 Å². The van der Waals surface area contributed by atoms with E-state index in [1.807, 2.05) is 4.90 Å². The summed E-state index contributed by atoms with van der Waals surface area (Å²) in [5.41, 5.74) is 1.11. The van der Waals surface area contributed by atoms with Crippen LogP contribution < -0.4 is 4.90 Å². The Morgan fingerprint density at radius 2 is 2.33 bits per heavy atom. The predicted molar refractivity (Wildman–Crippen MR) is 78.0 cm³/mol. The molecule has 0 radical (unpaired) electrons. The summed E-state index contributed by atoms with van der Waals surface area (Å²) in [4.78, 5) is 17.3. The van der Waals surface area contributed by atoms with Gasteiger partial charge in [-0.25, -0.2) is 4.39 Å². The molecule has 2 aromatic rings.